The van der Waals surface area contributed by atoms with Crippen molar-refractivity contribution in [1.29, 1.82) is 5.26 Å². The van der Waals surface area contributed by atoms with Crippen LogP contribution in [-0.2, 0) is 14.4 Å². The number of aromatic nitrogens is 1. The summed E-state index contributed by atoms with van der Waals surface area (Å²) in [5, 5.41) is 13.9. The zero-order chi connectivity index (χ0) is 13.7. The van der Waals surface area contributed by atoms with E-state index in [4.69, 9.17) is 5.26 Å². The SMILES string of the molecule is N#Cc1csc(C=NOS(=O)(=O)c2ccccc2)n1. The molecule has 0 bridgehead atoms. The van der Waals surface area contributed by atoms with E-state index in [-0.39, 0.29) is 10.6 Å². The number of rotatable bonds is 4. The summed E-state index contributed by atoms with van der Waals surface area (Å²) in [6, 6.07) is 9.53. The highest BCUT2D eigenvalue weighted by Gasteiger charge is 2.14. The highest BCUT2D eigenvalue weighted by Crippen LogP contribution is 2.12. The van der Waals surface area contributed by atoms with Gasteiger partial charge in [0.15, 0.2) is 5.69 Å². The lowest BCUT2D eigenvalue weighted by Crippen LogP contribution is -2.02. The Labute approximate surface area is 113 Å². The smallest absolute Gasteiger partial charge is 0.265 e. The molecule has 8 heteroatoms. The van der Waals surface area contributed by atoms with Crippen molar-refractivity contribution in [3.8, 4) is 6.07 Å². The second-order valence-electron chi connectivity index (χ2n) is 3.26. The van der Waals surface area contributed by atoms with Gasteiger partial charge in [-0.05, 0) is 12.1 Å². The summed E-state index contributed by atoms with van der Waals surface area (Å²) < 4.78 is 27.8. The largest absolute Gasteiger partial charge is 0.358 e. The molecule has 0 saturated heterocycles. The summed E-state index contributed by atoms with van der Waals surface area (Å²) in [5.74, 6) is 0. The number of hydrogen-bond donors (Lipinski definition) is 0. The van der Waals surface area contributed by atoms with Gasteiger partial charge in [-0.15, -0.1) is 11.3 Å². The molecule has 19 heavy (non-hydrogen) atoms. The van der Waals surface area contributed by atoms with Gasteiger partial charge in [0, 0.05) is 5.38 Å². The van der Waals surface area contributed by atoms with Crippen molar-refractivity contribution >= 4 is 27.7 Å². The van der Waals surface area contributed by atoms with E-state index in [1.54, 1.807) is 18.2 Å². The zero-order valence-corrected chi connectivity index (χ0v) is 11.1. The van der Waals surface area contributed by atoms with Crippen molar-refractivity contribution in [1.82, 2.24) is 4.98 Å². The Morgan fingerprint density at radius 1 is 1.37 bits per heavy atom. The molecule has 2 rings (SSSR count). The van der Waals surface area contributed by atoms with E-state index < -0.39 is 10.1 Å². The third-order valence-corrected chi connectivity index (χ3v) is 3.88. The minimum Gasteiger partial charge on any atom is -0.265 e. The topological polar surface area (TPSA) is 92.4 Å². The quantitative estimate of drug-likeness (QED) is 0.632. The van der Waals surface area contributed by atoms with Crippen LogP contribution in [0.4, 0.5) is 0 Å². The fourth-order valence-corrected chi connectivity index (χ4v) is 2.48. The number of thiazole rings is 1. The third-order valence-electron chi connectivity index (χ3n) is 1.97. The summed E-state index contributed by atoms with van der Waals surface area (Å²) >= 11 is 1.16. The van der Waals surface area contributed by atoms with Crippen LogP contribution in [0, 0.1) is 11.3 Å². The minimum atomic E-state index is -3.92. The van der Waals surface area contributed by atoms with E-state index in [0.717, 1.165) is 17.6 Å². The zero-order valence-electron chi connectivity index (χ0n) is 9.42. The van der Waals surface area contributed by atoms with E-state index in [2.05, 4.69) is 14.4 Å². The first-order valence-corrected chi connectivity index (χ1v) is 7.28. The average Bonchev–Trinajstić information content (AvgIpc) is 2.87. The van der Waals surface area contributed by atoms with Gasteiger partial charge in [-0.25, -0.2) is 4.98 Å². The highest BCUT2D eigenvalue weighted by molar-refractivity contribution is 7.86. The monoisotopic (exact) mass is 293 g/mol. The molecular weight excluding hydrogens is 286 g/mol. The molecule has 0 fully saturated rings. The second kappa shape index (κ2) is 5.60. The summed E-state index contributed by atoms with van der Waals surface area (Å²) in [6.45, 7) is 0. The summed E-state index contributed by atoms with van der Waals surface area (Å²) in [5.41, 5.74) is 0.248. The van der Waals surface area contributed by atoms with Crippen LogP contribution in [0.5, 0.6) is 0 Å². The molecule has 0 N–H and O–H groups in total. The van der Waals surface area contributed by atoms with Gasteiger partial charge in [-0.1, -0.05) is 23.4 Å². The van der Waals surface area contributed by atoms with Gasteiger partial charge >= 0.3 is 10.1 Å². The van der Waals surface area contributed by atoms with Crippen LogP contribution >= 0.6 is 11.3 Å². The lowest BCUT2D eigenvalue weighted by atomic mass is 10.4. The second-order valence-corrected chi connectivity index (χ2v) is 5.68. The summed E-state index contributed by atoms with van der Waals surface area (Å²) in [4.78, 5) is 3.87. The number of nitrogens with zero attached hydrogens (tertiary/aromatic N) is 3. The Morgan fingerprint density at radius 3 is 2.74 bits per heavy atom. The van der Waals surface area contributed by atoms with Gasteiger partial charge < -0.3 is 0 Å². The number of nitriles is 1. The fourth-order valence-electron chi connectivity index (χ4n) is 1.15. The van der Waals surface area contributed by atoms with Crippen molar-refractivity contribution in [3.05, 3.63) is 46.4 Å². The van der Waals surface area contributed by atoms with E-state index in [0.29, 0.717) is 5.01 Å². The molecule has 2 aromatic rings. The molecule has 1 aromatic carbocycles. The summed E-state index contributed by atoms with van der Waals surface area (Å²) in [7, 11) is -3.92. The van der Waals surface area contributed by atoms with Crippen LogP contribution in [0.3, 0.4) is 0 Å². The van der Waals surface area contributed by atoms with Gasteiger partial charge in [0.1, 0.15) is 22.2 Å². The number of hydrogen-bond acceptors (Lipinski definition) is 7. The first-order chi connectivity index (χ1) is 9.12. The normalized spacial score (nSPS) is 11.3. The maximum Gasteiger partial charge on any atom is 0.358 e. The lowest BCUT2D eigenvalue weighted by Gasteiger charge is -1.99. The van der Waals surface area contributed by atoms with E-state index in [1.807, 2.05) is 6.07 Å². The fraction of sp³-hybridized carbons (Fsp3) is 0. The molecular formula is C11H7N3O3S2. The Bertz CT molecular complexity index is 730. The summed E-state index contributed by atoms with van der Waals surface area (Å²) in [6.07, 6.45) is 1.14. The van der Waals surface area contributed by atoms with E-state index in [1.165, 1.54) is 17.5 Å². The molecule has 0 aliphatic heterocycles. The highest BCUT2D eigenvalue weighted by atomic mass is 32.2. The first-order valence-electron chi connectivity index (χ1n) is 4.99. The van der Waals surface area contributed by atoms with E-state index in [9.17, 15) is 8.42 Å². The Kier molecular flexibility index (Phi) is 3.89. The molecule has 0 spiro atoms. The van der Waals surface area contributed by atoms with Crippen LogP contribution in [0.2, 0.25) is 0 Å². The molecule has 0 unspecified atom stereocenters. The number of oxime groups is 1. The van der Waals surface area contributed by atoms with Crippen LogP contribution < -0.4 is 0 Å². The molecule has 0 amide bonds. The predicted octanol–water partition coefficient (Wildman–Crippen LogP) is 1.75. The van der Waals surface area contributed by atoms with Crippen molar-refractivity contribution in [2.75, 3.05) is 0 Å². The van der Waals surface area contributed by atoms with Gasteiger partial charge in [0.25, 0.3) is 0 Å². The molecule has 0 atom stereocenters. The van der Waals surface area contributed by atoms with Gasteiger partial charge in [-0.2, -0.15) is 13.7 Å². The van der Waals surface area contributed by atoms with Crippen molar-refractivity contribution in [3.63, 3.8) is 0 Å². The van der Waals surface area contributed by atoms with Gasteiger partial charge in [-0.3, -0.25) is 4.28 Å². The molecule has 1 aromatic heterocycles. The molecule has 0 aliphatic carbocycles. The Hall–Kier alpha value is -2.24. The van der Waals surface area contributed by atoms with Crippen molar-refractivity contribution < 1.29 is 12.7 Å². The minimum absolute atomic E-state index is 0.0176. The van der Waals surface area contributed by atoms with Crippen LogP contribution in [-0.4, -0.2) is 19.6 Å². The predicted molar refractivity (Wildman–Crippen MR) is 69.1 cm³/mol. The van der Waals surface area contributed by atoms with Crippen molar-refractivity contribution in [2.24, 2.45) is 5.16 Å². The average molecular weight is 293 g/mol. The maximum atomic E-state index is 11.7. The lowest BCUT2D eigenvalue weighted by molar-refractivity contribution is 0.341. The van der Waals surface area contributed by atoms with Crippen LogP contribution in [0.1, 0.15) is 10.7 Å². The molecule has 1 heterocycles. The van der Waals surface area contributed by atoms with Crippen LogP contribution in [0.25, 0.3) is 0 Å². The molecule has 0 aliphatic rings. The Morgan fingerprint density at radius 2 is 2.11 bits per heavy atom. The molecule has 0 saturated carbocycles. The third kappa shape index (κ3) is 3.37. The Balaban J connectivity index is 2.08. The van der Waals surface area contributed by atoms with Crippen molar-refractivity contribution in [2.45, 2.75) is 4.90 Å². The standard InChI is InChI=1S/C11H7N3O3S2/c12-6-9-8-18-11(14-9)7-13-17-19(15,16)10-4-2-1-3-5-10/h1-5,7-8H. The molecule has 6 nitrogen and oxygen atoms in total. The first kappa shape index (κ1) is 13.2. The van der Waals surface area contributed by atoms with Crippen LogP contribution in [0.15, 0.2) is 45.8 Å². The van der Waals surface area contributed by atoms with Gasteiger partial charge in [0.05, 0.1) is 0 Å². The number of benzene rings is 1. The van der Waals surface area contributed by atoms with Gasteiger partial charge in [0.2, 0.25) is 0 Å². The molecule has 0 radical (unpaired) electrons. The van der Waals surface area contributed by atoms with E-state index >= 15 is 0 Å². The maximum absolute atomic E-state index is 11.7. The molecule has 96 valence electrons.